The highest BCUT2D eigenvalue weighted by Gasteiger charge is 2.70. The van der Waals surface area contributed by atoms with Gasteiger partial charge in [0.1, 0.15) is 36.6 Å². The van der Waals surface area contributed by atoms with Gasteiger partial charge in [0.25, 0.3) is 0 Å². The Morgan fingerprint density at radius 1 is 0.804 bits per heavy atom. The molecule has 6 aliphatic rings. The number of aliphatic hydroxyl groups excluding tert-OH is 7. The Morgan fingerprint density at radius 3 is 2.20 bits per heavy atom. The molecule has 0 aromatic rings. The molecule has 2 saturated heterocycles. The zero-order valence-corrected chi connectivity index (χ0v) is 31.3. The number of aliphatic hydroxyl groups is 8. The predicted molar refractivity (Wildman–Crippen MR) is 183 cm³/mol. The van der Waals surface area contributed by atoms with Gasteiger partial charge in [-0.2, -0.15) is 0 Å². The maximum atomic E-state index is 12.6. The van der Waals surface area contributed by atoms with Crippen LogP contribution in [0, 0.1) is 46.3 Å². The quantitative estimate of drug-likeness (QED) is 0.150. The van der Waals surface area contributed by atoms with E-state index in [2.05, 4.69) is 20.8 Å². The van der Waals surface area contributed by atoms with Crippen molar-refractivity contribution >= 4 is 0 Å². The fourth-order valence-electron chi connectivity index (χ4n) is 12.1. The zero-order valence-electron chi connectivity index (χ0n) is 31.3. The molecule has 8 N–H and O–H groups in total. The van der Waals surface area contributed by atoms with Crippen molar-refractivity contribution in [2.24, 2.45) is 46.3 Å². The summed E-state index contributed by atoms with van der Waals surface area (Å²) in [7, 11) is 1.37. The van der Waals surface area contributed by atoms with Gasteiger partial charge in [0.05, 0.1) is 43.2 Å². The lowest BCUT2D eigenvalue weighted by atomic mass is 9.42. The highest BCUT2D eigenvalue weighted by Crippen LogP contribution is 2.69. The van der Waals surface area contributed by atoms with E-state index >= 15 is 0 Å². The summed E-state index contributed by atoms with van der Waals surface area (Å²) in [4.78, 5) is 0. The molecular weight excluding hydrogens is 664 g/mol. The van der Waals surface area contributed by atoms with Crippen LogP contribution in [0.3, 0.4) is 0 Å². The molecule has 2 aliphatic heterocycles. The van der Waals surface area contributed by atoms with Gasteiger partial charge < -0.3 is 64.5 Å². The Kier molecular flexibility index (Phi) is 12.0. The Bertz CT molecular complexity index is 1180. The van der Waals surface area contributed by atoms with Crippen LogP contribution in [-0.4, -0.2) is 140 Å². The summed E-state index contributed by atoms with van der Waals surface area (Å²) < 4.78 is 28.8. The van der Waals surface area contributed by atoms with Crippen molar-refractivity contribution in [1.29, 1.82) is 0 Å². The molecule has 296 valence electrons. The van der Waals surface area contributed by atoms with Gasteiger partial charge >= 0.3 is 0 Å². The van der Waals surface area contributed by atoms with Gasteiger partial charge in [-0.1, -0.05) is 34.6 Å². The second kappa shape index (κ2) is 15.2. The number of methoxy groups -OCH3 is 1. The normalized spacial score (nSPS) is 52.6. The molecule has 0 amide bonds. The van der Waals surface area contributed by atoms with Crippen LogP contribution >= 0.6 is 0 Å². The average molecular weight is 731 g/mol. The van der Waals surface area contributed by atoms with E-state index in [0.29, 0.717) is 25.7 Å². The summed E-state index contributed by atoms with van der Waals surface area (Å²) >= 11 is 0. The number of rotatable bonds is 11. The van der Waals surface area contributed by atoms with Gasteiger partial charge in [0, 0.05) is 19.4 Å². The van der Waals surface area contributed by atoms with E-state index in [4.69, 9.17) is 23.7 Å². The lowest BCUT2D eigenvalue weighted by molar-refractivity contribution is -0.285. The van der Waals surface area contributed by atoms with Gasteiger partial charge in [-0.3, -0.25) is 0 Å². The summed E-state index contributed by atoms with van der Waals surface area (Å²) in [6.07, 6.45) is -4.97. The van der Waals surface area contributed by atoms with E-state index in [0.717, 1.165) is 25.7 Å². The van der Waals surface area contributed by atoms with Crippen LogP contribution in [0.5, 0.6) is 0 Å². The molecule has 2 heterocycles. The van der Waals surface area contributed by atoms with Crippen molar-refractivity contribution in [3.8, 4) is 0 Å². The minimum absolute atomic E-state index is 0.0371. The second-order valence-corrected chi connectivity index (χ2v) is 18.1. The van der Waals surface area contributed by atoms with E-state index in [1.165, 1.54) is 7.11 Å². The monoisotopic (exact) mass is 730 g/mol. The largest absolute Gasteiger partial charge is 0.393 e. The molecule has 4 saturated carbocycles. The van der Waals surface area contributed by atoms with Crippen LogP contribution in [0.4, 0.5) is 0 Å². The summed E-state index contributed by atoms with van der Waals surface area (Å²) in [6.45, 7) is 10.4. The lowest BCUT2D eigenvalue weighted by Gasteiger charge is -2.66. The number of fused-ring (bicyclic) bond motifs is 5. The Morgan fingerprint density at radius 2 is 1.51 bits per heavy atom. The molecule has 4 aliphatic carbocycles. The van der Waals surface area contributed by atoms with Crippen LogP contribution < -0.4 is 0 Å². The van der Waals surface area contributed by atoms with Crippen LogP contribution in [-0.2, 0) is 23.7 Å². The molecule has 0 bridgehead atoms. The Hall–Kier alpha value is -0.520. The molecule has 6 rings (SSSR count). The van der Waals surface area contributed by atoms with Gasteiger partial charge in [0.2, 0.25) is 0 Å². The maximum absolute atomic E-state index is 12.6. The summed E-state index contributed by atoms with van der Waals surface area (Å²) in [5.41, 5.74) is -1.77. The minimum atomic E-state index is -1.31. The topological polar surface area (TPSA) is 208 Å². The summed E-state index contributed by atoms with van der Waals surface area (Å²) in [6, 6.07) is 0. The van der Waals surface area contributed by atoms with Gasteiger partial charge in [-0.25, -0.2) is 0 Å². The first-order valence-electron chi connectivity index (χ1n) is 19.5. The van der Waals surface area contributed by atoms with E-state index < -0.39 is 73.1 Å². The van der Waals surface area contributed by atoms with Crippen LogP contribution in [0.15, 0.2) is 0 Å². The van der Waals surface area contributed by atoms with Gasteiger partial charge in [-0.15, -0.1) is 0 Å². The standard InChI is InChI=1S/C38H66O13/c1-18(2)26(50-34-31(45)30(44)27(51-34)17-49-35-32(47-6)29(43)25(42)16-48-35)8-7-19(3)21-14-23(40)33-37(21,5)12-10-28-36(4)11-9-20(39)13-22(36)24(41)15-38(28,33)46/h18-35,39-46H,7-17H2,1-6H3/t19-,20+,21-,22?,23-,24+,25?,26+,27?,28?,29?,30?,31?,32?,33?,34?,35?,36+,37-,38+/m1/s1. The maximum Gasteiger partial charge on any atom is 0.186 e. The lowest BCUT2D eigenvalue weighted by Crippen LogP contribution is -2.68. The molecule has 11 unspecified atom stereocenters. The van der Waals surface area contributed by atoms with E-state index in [-0.39, 0.29) is 72.1 Å². The van der Waals surface area contributed by atoms with Crippen molar-refractivity contribution in [1.82, 2.24) is 0 Å². The third-order valence-electron chi connectivity index (χ3n) is 14.8. The van der Waals surface area contributed by atoms with Crippen molar-refractivity contribution in [2.45, 2.75) is 172 Å². The predicted octanol–water partition coefficient (Wildman–Crippen LogP) is 1.08. The van der Waals surface area contributed by atoms with Gasteiger partial charge in [0.15, 0.2) is 12.6 Å². The Balaban J connectivity index is 1.07. The zero-order chi connectivity index (χ0) is 37.2. The highest BCUT2D eigenvalue weighted by atomic mass is 16.7. The highest BCUT2D eigenvalue weighted by molar-refractivity contribution is 5.20. The number of hydrogen-bond acceptors (Lipinski definition) is 13. The molecule has 13 nitrogen and oxygen atoms in total. The molecule has 20 atom stereocenters. The Labute approximate surface area is 302 Å². The fourth-order valence-corrected chi connectivity index (χ4v) is 12.1. The number of hydrogen-bond donors (Lipinski definition) is 8. The molecule has 0 radical (unpaired) electrons. The van der Waals surface area contributed by atoms with Crippen molar-refractivity contribution in [3.63, 3.8) is 0 Å². The van der Waals surface area contributed by atoms with E-state index in [1.54, 1.807) is 0 Å². The molecule has 13 heteroatoms. The first-order chi connectivity index (χ1) is 24.0. The van der Waals surface area contributed by atoms with E-state index in [1.807, 2.05) is 13.8 Å². The SMILES string of the molecule is COC1C(OCC2OC(O[C@@H](CC[C@@H](C)[C@H]3C[C@@H](O)C4[C@]5(O)C[C@H](O)C6C[C@@H](O)CC[C@]6(C)C5CC[C@@]43C)C(C)C)C(O)C2O)OCC(O)C1O. The summed E-state index contributed by atoms with van der Waals surface area (Å²) in [5.74, 6) is -0.0134. The molecule has 51 heavy (non-hydrogen) atoms. The molecule has 0 aromatic carbocycles. The first kappa shape index (κ1) is 40.2. The number of ether oxygens (including phenoxy) is 5. The van der Waals surface area contributed by atoms with Crippen LogP contribution in [0.2, 0.25) is 0 Å². The first-order valence-corrected chi connectivity index (χ1v) is 19.5. The third kappa shape index (κ3) is 7.08. The van der Waals surface area contributed by atoms with Crippen molar-refractivity contribution < 1.29 is 64.5 Å². The average Bonchev–Trinajstić information content (AvgIpc) is 3.50. The molecule has 0 spiro atoms. The van der Waals surface area contributed by atoms with Gasteiger partial charge in [-0.05, 0) is 91.8 Å². The van der Waals surface area contributed by atoms with Crippen molar-refractivity contribution in [3.05, 3.63) is 0 Å². The molecular formula is C38H66O13. The minimum Gasteiger partial charge on any atom is -0.393 e. The summed E-state index contributed by atoms with van der Waals surface area (Å²) in [5, 5.41) is 88.0. The molecule has 0 aromatic heterocycles. The smallest absolute Gasteiger partial charge is 0.186 e. The van der Waals surface area contributed by atoms with Crippen molar-refractivity contribution in [2.75, 3.05) is 20.3 Å². The second-order valence-electron chi connectivity index (χ2n) is 18.1. The van der Waals surface area contributed by atoms with Crippen LogP contribution in [0.1, 0.15) is 92.4 Å². The van der Waals surface area contributed by atoms with E-state index in [9.17, 15) is 40.9 Å². The third-order valence-corrected chi connectivity index (χ3v) is 14.8. The fraction of sp³-hybridized carbons (Fsp3) is 1.00. The van der Waals surface area contributed by atoms with Crippen LogP contribution in [0.25, 0.3) is 0 Å². The molecule has 6 fully saturated rings.